The highest BCUT2D eigenvalue weighted by atomic mass is 19.4. The van der Waals surface area contributed by atoms with Crippen LogP contribution >= 0.6 is 0 Å². The number of piperidine rings is 1. The van der Waals surface area contributed by atoms with E-state index in [1.165, 1.54) is 11.1 Å². The zero-order valence-corrected chi connectivity index (χ0v) is 22.4. The van der Waals surface area contributed by atoms with Gasteiger partial charge in [0.15, 0.2) is 6.10 Å². The lowest BCUT2D eigenvalue weighted by atomic mass is 10.00. The Morgan fingerprint density at radius 2 is 1.70 bits per heavy atom. The molecule has 1 fully saturated rings. The molecule has 1 unspecified atom stereocenters. The van der Waals surface area contributed by atoms with Crippen molar-refractivity contribution in [3.05, 3.63) is 59.2 Å². The molecule has 0 aliphatic carbocycles. The number of aliphatic hydroxyl groups excluding tert-OH is 2. The number of amides is 1. The van der Waals surface area contributed by atoms with Crippen LogP contribution in [0.25, 0.3) is 0 Å². The number of aliphatic hydroxyl groups is 2. The van der Waals surface area contributed by atoms with E-state index < -0.39 is 24.9 Å². The first-order valence-corrected chi connectivity index (χ1v) is 13.8. The van der Waals surface area contributed by atoms with E-state index in [0.717, 1.165) is 19.5 Å². The molecule has 0 saturated carbocycles. The molecular formula is C29H36F3N3O5. The second-order valence-electron chi connectivity index (χ2n) is 10.8. The summed E-state index contributed by atoms with van der Waals surface area (Å²) in [6.07, 6.45) is -5.87. The number of benzene rings is 2. The van der Waals surface area contributed by atoms with Gasteiger partial charge in [-0.3, -0.25) is 9.69 Å². The Hall–Kier alpha value is -2.86. The second kappa shape index (κ2) is 12.3. The Labute approximate surface area is 231 Å². The lowest BCUT2D eigenvalue weighted by Gasteiger charge is -2.33. The van der Waals surface area contributed by atoms with Gasteiger partial charge in [0, 0.05) is 51.9 Å². The van der Waals surface area contributed by atoms with Crippen LogP contribution in [0.3, 0.4) is 0 Å². The van der Waals surface area contributed by atoms with Crippen molar-refractivity contribution in [1.82, 2.24) is 14.7 Å². The van der Waals surface area contributed by atoms with Crippen molar-refractivity contribution in [2.75, 3.05) is 52.4 Å². The summed E-state index contributed by atoms with van der Waals surface area (Å²) in [6.45, 7) is 3.31. The fourth-order valence-electron chi connectivity index (χ4n) is 5.65. The van der Waals surface area contributed by atoms with E-state index in [1.54, 1.807) is 28.0 Å². The molecule has 11 heteroatoms. The molecule has 218 valence electrons. The van der Waals surface area contributed by atoms with E-state index in [1.807, 2.05) is 12.1 Å². The van der Waals surface area contributed by atoms with Gasteiger partial charge in [-0.25, -0.2) is 0 Å². The lowest BCUT2D eigenvalue weighted by Crippen LogP contribution is -2.45. The Morgan fingerprint density at radius 1 is 0.950 bits per heavy atom. The third-order valence-corrected chi connectivity index (χ3v) is 7.85. The number of rotatable bonds is 8. The number of carbonyl (C=O) groups is 1. The van der Waals surface area contributed by atoms with Crippen LogP contribution in [0.4, 0.5) is 13.2 Å². The summed E-state index contributed by atoms with van der Waals surface area (Å²) in [5.74, 6) is 0.732. The summed E-state index contributed by atoms with van der Waals surface area (Å²) >= 11 is 0. The molecule has 8 nitrogen and oxygen atoms in total. The third-order valence-electron chi connectivity index (χ3n) is 7.85. The molecule has 1 saturated heterocycles. The molecule has 3 aliphatic heterocycles. The minimum Gasteiger partial charge on any atom is -0.491 e. The predicted molar refractivity (Wildman–Crippen MR) is 141 cm³/mol. The number of carbonyl (C=O) groups excluding carboxylic acids is 1. The number of hydrogen-bond donors (Lipinski definition) is 2. The highest BCUT2D eigenvalue weighted by molar-refractivity contribution is 5.97. The molecule has 2 aromatic rings. The number of β-amino-alcohol motifs (C(OH)–C–C–N with tert-alkyl or cyclic N) is 2. The molecule has 2 aromatic carbocycles. The maximum Gasteiger partial charge on any atom is 0.415 e. The minimum absolute atomic E-state index is 0.188. The number of ether oxygens (including phenoxy) is 2. The molecule has 3 heterocycles. The van der Waals surface area contributed by atoms with Crippen molar-refractivity contribution >= 4 is 5.91 Å². The predicted octanol–water partition coefficient (Wildman–Crippen LogP) is 2.71. The van der Waals surface area contributed by atoms with Gasteiger partial charge in [-0.05, 0) is 42.5 Å². The largest absolute Gasteiger partial charge is 0.491 e. The molecule has 5 rings (SSSR count). The summed E-state index contributed by atoms with van der Waals surface area (Å²) in [5, 5.41) is 20.1. The van der Waals surface area contributed by atoms with Crippen molar-refractivity contribution in [3.63, 3.8) is 0 Å². The molecule has 3 aliphatic rings. The van der Waals surface area contributed by atoms with Gasteiger partial charge < -0.3 is 29.5 Å². The van der Waals surface area contributed by atoms with Gasteiger partial charge in [0.1, 0.15) is 24.2 Å². The van der Waals surface area contributed by atoms with Gasteiger partial charge in [-0.2, -0.15) is 13.2 Å². The summed E-state index contributed by atoms with van der Waals surface area (Å²) in [7, 11) is 0. The Kier molecular flexibility index (Phi) is 8.84. The smallest absolute Gasteiger partial charge is 0.415 e. The summed E-state index contributed by atoms with van der Waals surface area (Å²) in [4.78, 5) is 18.7. The quantitative estimate of drug-likeness (QED) is 0.511. The fraction of sp³-hybridized carbons (Fsp3) is 0.552. The Balaban J connectivity index is 1.12. The van der Waals surface area contributed by atoms with E-state index in [9.17, 15) is 28.2 Å². The molecule has 2 N–H and O–H groups in total. The average molecular weight is 564 g/mol. The van der Waals surface area contributed by atoms with Crippen LogP contribution in [0, 0.1) is 0 Å². The van der Waals surface area contributed by atoms with E-state index >= 15 is 0 Å². The molecule has 0 spiro atoms. The molecule has 40 heavy (non-hydrogen) atoms. The number of alkyl halides is 3. The van der Waals surface area contributed by atoms with Crippen LogP contribution in [0.5, 0.6) is 11.5 Å². The van der Waals surface area contributed by atoms with E-state index in [-0.39, 0.29) is 25.2 Å². The first kappa shape index (κ1) is 28.7. The van der Waals surface area contributed by atoms with Crippen molar-refractivity contribution < 1.29 is 37.7 Å². The first-order valence-electron chi connectivity index (χ1n) is 13.8. The van der Waals surface area contributed by atoms with Gasteiger partial charge in [0.05, 0.1) is 18.2 Å². The van der Waals surface area contributed by atoms with Gasteiger partial charge in [-0.15, -0.1) is 0 Å². The second-order valence-corrected chi connectivity index (χ2v) is 10.8. The van der Waals surface area contributed by atoms with Crippen LogP contribution in [-0.4, -0.2) is 108 Å². The zero-order valence-electron chi connectivity index (χ0n) is 22.4. The van der Waals surface area contributed by atoms with Gasteiger partial charge in [0.25, 0.3) is 5.91 Å². The van der Waals surface area contributed by atoms with Crippen LogP contribution < -0.4 is 9.47 Å². The Bertz CT molecular complexity index is 1170. The van der Waals surface area contributed by atoms with Crippen molar-refractivity contribution in [2.45, 2.75) is 50.3 Å². The average Bonchev–Trinajstić information content (AvgIpc) is 3.07. The number of likely N-dealkylation sites (tertiary alicyclic amines) is 1. The topological polar surface area (TPSA) is 85.7 Å². The minimum atomic E-state index is -4.62. The number of fused-ring (bicyclic) bond motifs is 2. The zero-order chi connectivity index (χ0) is 28.3. The highest BCUT2D eigenvalue weighted by Crippen LogP contribution is 2.30. The van der Waals surface area contributed by atoms with Gasteiger partial charge in [-0.1, -0.05) is 24.3 Å². The summed E-state index contributed by atoms with van der Waals surface area (Å²) in [5.41, 5.74) is 3.03. The van der Waals surface area contributed by atoms with Crippen molar-refractivity contribution in [2.24, 2.45) is 0 Å². The van der Waals surface area contributed by atoms with Crippen molar-refractivity contribution in [3.8, 4) is 11.5 Å². The van der Waals surface area contributed by atoms with Crippen LogP contribution in [0.2, 0.25) is 0 Å². The lowest BCUT2D eigenvalue weighted by molar-refractivity contribution is -0.208. The first-order chi connectivity index (χ1) is 19.2. The van der Waals surface area contributed by atoms with Crippen LogP contribution in [0.15, 0.2) is 42.5 Å². The summed E-state index contributed by atoms with van der Waals surface area (Å²) in [6, 6.07) is 13.4. The van der Waals surface area contributed by atoms with Gasteiger partial charge in [0.2, 0.25) is 0 Å². The van der Waals surface area contributed by atoms with Gasteiger partial charge >= 0.3 is 6.18 Å². The Morgan fingerprint density at radius 3 is 2.45 bits per heavy atom. The standard InChI is InChI=1S/C29H36F3N3O5/c30-29(31,32)27(37)19-33-11-8-23(9-12-33)40-24-5-6-25-26(15-24)39-14-13-35(28(25)38)18-22(36)17-34-10-7-20-3-1-2-4-21(20)16-34/h1-6,15,22-23,27,36-37H,7-14,16-19H2/t22-,27?/m1/s1. The van der Waals surface area contributed by atoms with Crippen LogP contribution in [0.1, 0.15) is 34.3 Å². The summed E-state index contributed by atoms with van der Waals surface area (Å²) < 4.78 is 49.8. The number of hydrogen-bond acceptors (Lipinski definition) is 7. The molecule has 0 bridgehead atoms. The monoisotopic (exact) mass is 563 g/mol. The molecule has 0 aromatic heterocycles. The molecule has 2 atom stereocenters. The molecular weight excluding hydrogens is 527 g/mol. The third kappa shape index (κ3) is 7.06. The van der Waals surface area contributed by atoms with E-state index in [2.05, 4.69) is 17.0 Å². The molecule has 1 amide bonds. The van der Waals surface area contributed by atoms with Crippen LogP contribution in [-0.2, 0) is 13.0 Å². The number of nitrogens with zero attached hydrogens (tertiary/aromatic N) is 3. The number of halogens is 3. The maximum absolute atomic E-state index is 13.3. The normalized spacial score (nSPS) is 20.7. The maximum atomic E-state index is 13.3. The fourth-order valence-corrected chi connectivity index (χ4v) is 5.65. The molecule has 0 radical (unpaired) electrons. The van der Waals surface area contributed by atoms with E-state index in [0.29, 0.717) is 56.1 Å². The SMILES string of the molecule is O=C1c2ccc(OC3CCN(CC(O)C(F)(F)F)CC3)cc2OCCN1C[C@H](O)CN1CCc2ccccc2C1. The highest BCUT2D eigenvalue weighted by Gasteiger charge is 2.39. The van der Waals surface area contributed by atoms with Crippen molar-refractivity contribution in [1.29, 1.82) is 0 Å². The van der Waals surface area contributed by atoms with E-state index in [4.69, 9.17) is 9.47 Å².